The SMILES string of the molecule is c1ccc(-c2nc(-c3ccccc3)nc(-n3c4ccccc4c4cc(-c5nc(-c6cccc(-c7cccc8c7oc7ccccc78)c6)c6c(n5)sc5ccccc56)ccc43)n2)cc1. The minimum atomic E-state index is 0.546. The lowest BCUT2D eigenvalue weighted by Gasteiger charge is -2.11. The molecule has 0 fully saturated rings. The number of hydrogen-bond donors (Lipinski definition) is 0. The van der Waals surface area contributed by atoms with E-state index < -0.39 is 0 Å². The Morgan fingerprint density at radius 3 is 1.83 bits per heavy atom. The molecule has 63 heavy (non-hydrogen) atoms. The fourth-order valence-corrected chi connectivity index (χ4v) is 10.1. The molecule has 7 nitrogen and oxygen atoms in total. The van der Waals surface area contributed by atoms with E-state index in [1.54, 1.807) is 11.3 Å². The van der Waals surface area contributed by atoms with Crippen LogP contribution in [0.25, 0.3) is 127 Å². The smallest absolute Gasteiger partial charge is 0.238 e. The van der Waals surface area contributed by atoms with Gasteiger partial charge in [0.05, 0.1) is 16.7 Å². The third kappa shape index (κ3) is 5.76. The lowest BCUT2D eigenvalue weighted by Crippen LogP contribution is -2.06. The summed E-state index contributed by atoms with van der Waals surface area (Å²) in [4.78, 5) is 26.9. The molecule has 5 heterocycles. The Hall–Kier alpha value is -8.33. The summed E-state index contributed by atoms with van der Waals surface area (Å²) in [7, 11) is 0. The van der Waals surface area contributed by atoms with Crippen molar-refractivity contribution in [2.45, 2.75) is 0 Å². The topological polar surface area (TPSA) is 82.5 Å². The molecule has 0 aliphatic heterocycles. The van der Waals surface area contributed by atoms with Crippen molar-refractivity contribution in [3.63, 3.8) is 0 Å². The first-order chi connectivity index (χ1) is 31.2. The molecule has 294 valence electrons. The summed E-state index contributed by atoms with van der Waals surface area (Å²) in [6, 6.07) is 66.8. The van der Waals surface area contributed by atoms with Crippen LogP contribution in [0.1, 0.15) is 0 Å². The van der Waals surface area contributed by atoms with E-state index in [0.717, 1.165) is 98.4 Å². The molecular formula is C55H32N6OS. The van der Waals surface area contributed by atoms with Gasteiger partial charge >= 0.3 is 0 Å². The van der Waals surface area contributed by atoms with Crippen LogP contribution in [0.15, 0.2) is 199 Å². The zero-order valence-electron chi connectivity index (χ0n) is 33.5. The Morgan fingerprint density at radius 2 is 1.02 bits per heavy atom. The van der Waals surface area contributed by atoms with Crippen LogP contribution in [0, 0.1) is 0 Å². The molecule has 13 rings (SSSR count). The summed E-state index contributed by atoms with van der Waals surface area (Å²) in [5.74, 6) is 2.42. The zero-order valence-corrected chi connectivity index (χ0v) is 34.3. The van der Waals surface area contributed by atoms with E-state index in [9.17, 15) is 0 Å². The van der Waals surface area contributed by atoms with Gasteiger partial charge in [-0.1, -0.05) is 152 Å². The first-order valence-electron chi connectivity index (χ1n) is 20.8. The Morgan fingerprint density at radius 1 is 0.397 bits per heavy atom. The van der Waals surface area contributed by atoms with Gasteiger partial charge in [0.1, 0.15) is 16.0 Å². The number of hydrogen-bond acceptors (Lipinski definition) is 7. The second-order valence-electron chi connectivity index (χ2n) is 15.6. The largest absolute Gasteiger partial charge is 0.455 e. The predicted octanol–water partition coefficient (Wildman–Crippen LogP) is 14.4. The van der Waals surface area contributed by atoms with Gasteiger partial charge in [-0.05, 0) is 48.0 Å². The normalized spacial score (nSPS) is 11.8. The minimum absolute atomic E-state index is 0.546. The highest BCUT2D eigenvalue weighted by Gasteiger charge is 2.22. The summed E-state index contributed by atoms with van der Waals surface area (Å²) < 4.78 is 9.80. The van der Waals surface area contributed by atoms with Gasteiger partial charge in [-0.15, -0.1) is 11.3 Å². The maximum atomic E-state index is 6.49. The van der Waals surface area contributed by atoms with E-state index in [-0.39, 0.29) is 0 Å². The molecule has 0 atom stereocenters. The summed E-state index contributed by atoms with van der Waals surface area (Å²) >= 11 is 1.70. The fraction of sp³-hybridized carbons (Fsp3) is 0. The van der Waals surface area contributed by atoms with Crippen LogP contribution in [0.5, 0.6) is 0 Å². The second kappa shape index (κ2) is 14.1. The van der Waals surface area contributed by atoms with Crippen LogP contribution in [0.3, 0.4) is 0 Å². The second-order valence-corrected chi connectivity index (χ2v) is 16.7. The average Bonchev–Trinajstić information content (AvgIpc) is 4.04. The number of thiophene rings is 1. The maximum Gasteiger partial charge on any atom is 0.238 e. The number of rotatable bonds is 6. The summed E-state index contributed by atoms with van der Waals surface area (Å²) in [5, 5.41) is 6.53. The van der Waals surface area contributed by atoms with Crippen LogP contribution >= 0.6 is 11.3 Å². The third-order valence-electron chi connectivity index (χ3n) is 11.9. The maximum absolute atomic E-state index is 6.49. The van der Waals surface area contributed by atoms with Gasteiger partial charge in [0.2, 0.25) is 5.95 Å². The Balaban J connectivity index is 0.999. The quantitative estimate of drug-likeness (QED) is 0.166. The van der Waals surface area contributed by atoms with E-state index in [1.807, 2.05) is 72.8 Å². The summed E-state index contributed by atoms with van der Waals surface area (Å²) in [6.45, 7) is 0. The van der Waals surface area contributed by atoms with Gasteiger partial charge in [0.25, 0.3) is 0 Å². The molecule has 0 saturated heterocycles. The van der Waals surface area contributed by atoms with Crippen LogP contribution in [-0.4, -0.2) is 29.5 Å². The Labute approximate surface area is 364 Å². The van der Waals surface area contributed by atoms with E-state index in [1.165, 1.54) is 4.70 Å². The predicted molar refractivity (Wildman–Crippen MR) is 257 cm³/mol. The molecule has 8 heteroatoms. The van der Waals surface area contributed by atoms with Crippen molar-refractivity contribution >= 4 is 75.4 Å². The molecule has 0 aliphatic rings. The van der Waals surface area contributed by atoms with Crippen LogP contribution in [-0.2, 0) is 0 Å². The number of furan rings is 1. The molecule has 0 amide bonds. The van der Waals surface area contributed by atoms with Crippen molar-refractivity contribution in [2.75, 3.05) is 0 Å². The monoisotopic (exact) mass is 824 g/mol. The third-order valence-corrected chi connectivity index (χ3v) is 13.0. The van der Waals surface area contributed by atoms with Crippen molar-refractivity contribution in [1.82, 2.24) is 29.5 Å². The molecule has 0 saturated carbocycles. The lowest BCUT2D eigenvalue weighted by atomic mass is 9.98. The molecule has 0 N–H and O–H groups in total. The molecule has 8 aromatic carbocycles. The van der Waals surface area contributed by atoms with Gasteiger partial charge in [0.15, 0.2) is 17.5 Å². The number of para-hydroxylation sites is 3. The first kappa shape index (κ1) is 35.4. The summed E-state index contributed by atoms with van der Waals surface area (Å²) in [6.07, 6.45) is 0. The van der Waals surface area contributed by atoms with Crippen molar-refractivity contribution in [3.05, 3.63) is 194 Å². The molecule has 5 aromatic heterocycles. The highest BCUT2D eigenvalue weighted by atomic mass is 32.1. The number of nitrogens with zero attached hydrogens (tertiary/aromatic N) is 6. The van der Waals surface area contributed by atoms with Crippen LogP contribution < -0.4 is 0 Å². The molecule has 0 radical (unpaired) electrons. The summed E-state index contributed by atoms with van der Waals surface area (Å²) in [5.41, 5.74) is 10.5. The van der Waals surface area contributed by atoms with Crippen molar-refractivity contribution < 1.29 is 4.42 Å². The zero-order chi connectivity index (χ0) is 41.4. The first-order valence-corrected chi connectivity index (χ1v) is 21.6. The molecule has 0 aliphatic carbocycles. The standard InChI is InChI=1S/C55H32N6OS/c1-3-15-33(16-4-1)51-57-52(34-17-5-2-6-18-34)60-55(59-51)61-44-26-10-7-21-39(44)43-32-37(29-30-45(43)61)53-56-49(48-42-23-9-12-28-47(42)63-54(48)58-53)36-20-13-19-35(31-36)38-24-14-25-41-40-22-8-11-27-46(40)62-50(38)41/h1-32H. The van der Waals surface area contributed by atoms with E-state index >= 15 is 0 Å². The molecule has 0 bridgehead atoms. The van der Waals surface area contributed by atoms with Crippen molar-refractivity contribution in [3.8, 4) is 62.5 Å². The Kier molecular flexibility index (Phi) is 7.94. The Bertz CT molecular complexity index is 3870. The van der Waals surface area contributed by atoms with Gasteiger partial charge in [-0.3, -0.25) is 4.57 Å². The van der Waals surface area contributed by atoms with Crippen molar-refractivity contribution in [2.24, 2.45) is 0 Å². The lowest BCUT2D eigenvalue weighted by molar-refractivity contribution is 0.670. The van der Waals surface area contributed by atoms with Crippen LogP contribution in [0.4, 0.5) is 0 Å². The van der Waals surface area contributed by atoms with Crippen molar-refractivity contribution in [1.29, 1.82) is 0 Å². The molecule has 0 spiro atoms. The van der Waals surface area contributed by atoms with E-state index in [4.69, 9.17) is 29.3 Å². The number of fused-ring (bicyclic) bond motifs is 9. The molecule has 13 aromatic rings. The average molecular weight is 825 g/mol. The highest BCUT2D eigenvalue weighted by molar-refractivity contribution is 7.25. The van der Waals surface area contributed by atoms with E-state index in [0.29, 0.717) is 23.4 Å². The van der Waals surface area contributed by atoms with Crippen LogP contribution in [0.2, 0.25) is 0 Å². The van der Waals surface area contributed by atoms with Gasteiger partial charge in [-0.25, -0.2) is 15.0 Å². The molecular weight excluding hydrogens is 793 g/mol. The highest BCUT2D eigenvalue weighted by Crippen LogP contribution is 2.43. The minimum Gasteiger partial charge on any atom is -0.455 e. The number of benzene rings is 8. The van der Waals surface area contributed by atoms with Gasteiger partial charge in [-0.2, -0.15) is 9.97 Å². The number of aromatic nitrogens is 6. The van der Waals surface area contributed by atoms with E-state index in [2.05, 4.69) is 126 Å². The molecule has 0 unspecified atom stereocenters. The fourth-order valence-electron chi connectivity index (χ4n) is 8.99. The van der Waals surface area contributed by atoms with Gasteiger partial charge in [0, 0.05) is 64.8 Å². The van der Waals surface area contributed by atoms with Gasteiger partial charge < -0.3 is 4.42 Å².